The SMILES string of the molecule is COc1cccc(C[C@@]2(OCC3(C(N)=O)CC3)c3ccc(-c4ccc(Cl)cc4)c(F)c3C(=O)N2C(O)Cc2ccn(C)n2)n1. The predicted molar refractivity (Wildman–Crippen MR) is 159 cm³/mol. The van der Waals surface area contributed by atoms with Gasteiger partial charge < -0.3 is 20.3 Å². The summed E-state index contributed by atoms with van der Waals surface area (Å²) in [7, 11) is 3.22. The van der Waals surface area contributed by atoms with Crippen LogP contribution in [0.25, 0.3) is 11.1 Å². The molecule has 2 atom stereocenters. The zero-order valence-electron chi connectivity index (χ0n) is 24.2. The van der Waals surface area contributed by atoms with E-state index in [1.165, 1.54) is 7.11 Å². The number of fused-ring (bicyclic) bond motifs is 1. The summed E-state index contributed by atoms with van der Waals surface area (Å²) < 4.78 is 30.1. The number of carbonyl (C=O) groups excluding carboxylic acids is 2. The van der Waals surface area contributed by atoms with Crippen molar-refractivity contribution in [2.45, 2.75) is 37.6 Å². The van der Waals surface area contributed by atoms with E-state index in [-0.39, 0.29) is 36.1 Å². The molecule has 3 heterocycles. The molecule has 1 unspecified atom stereocenters. The van der Waals surface area contributed by atoms with Crippen molar-refractivity contribution in [3.63, 3.8) is 0 Å². The standard InChI is InChI=1S/C32H31ClFN5O5/c1-38-15-12-21(37-38)16-26(40)39-29(41)27-24(11-10-23(28(27)34)19-6-8-20(33)9-7-19)32(39,44-18-31(13-14-31)30(35)42)17-22-4-3-5-25(36-22)43-2/h3-12,15,26,40H,13-14,16-18H2,1-2H3,(H2,35,42)/t26?,32-/m1/s1. The predicted octanol–water partition coefficient (Wildman–Crippen LogP) is 3.98. The largest absolute Gasteiger partial charge is 0.481 e. The summed E-state index contributed by atoms with van der Waals surface area (Å²) in [6.07, 6.45) is 1.10. The molecule has 0 saturated heterocycles. The molecular formula is C32H31ClFN5O5. The van der Waals surface area contributed by atoms with Gasteiger partial charge in [0.1, 0.15) is 12.0 Å². The van der Waals surface area contributed by atoms with Crippen LogP contribution in [0.3, 0.4) is 0 Å². The van der Waals surface area contributed by atoms with Crippen molar-refractivity contribution in [1.82, 2.24) is 19.7 Å². The lowest BCUT2D eigenvalue weighted by Crippen LogP contribution is -2.54. The number of benzene rings is 2. The minimum absolute atomic E-state index is 0.0656. The minimum Gasteiger partial charge on any atom is -0.481 e. The minimum atomic E-state index is -1.76. The van der Waals surface area contributed by atoms with Crippen LogP contribution in [0.4, 0.5) is 4.39 Å². The summed E-state index contributed by atoms with van der Waals surface area (Å²) in [5.41, 5.74) is 4.65. The van der Waals surface area contributed by atoms with Crippen molar-refractivity contribution >= 4 is 23.4 Å². The molecule has 2 aliphatic rings. The first kappa shape index (κ1) is 29.7. The van der Waals surface area contributed by atoms with Crippen molar-refractivity contribution in [2.24, 2.45) is 18.2 Å². The molecule has 1 saturated carbocycles. The first-order valence-corrected chi connectivity index (χ1v) is 14.5. The molecule has 2 aromatic carbocycles. The lowest BCUT2D eigenvalue weighted by molar-refractivity contribution is -0.192. The summed E-state index contributed by atoms with van der Waals surface area (Å²) in [5.74, 6) is -1.75. The van der Waals surface area contributed by atoms with Crippen molar-refractivity contribution in [3.05, 3.63) is 100 Å². The fraction of sp³-hybridized carbons (Fsp3) is 0.312. The Labute approximate surface area is 258 Å². The van der Waals surface area contributed by atoms with E-state index >= 15 is 4.39 Å². The molecule has 0 spiro atoms. The number of aryl methyl sites for hydroxylation is 1. The van der Waals surface area contributed by atoms with Crippen molar-refractivity contribution < 1.29 is 28.6 Å². The molecule has 3 N–H and O–H groups in total. The molecule has 2 amide bonds. The molecular weight excluding hydrogens is 589 g/mol. The van der Waals surface area contributed by atoms with Gasteiger partial charge in [0.05, 0.1) is 30.4 Å². The number of aliphatic hydroxyl groups is 1. The maximum atomic E-state index is 16.5. The molecule has 2 aromatic heterocycles. The van der Waals surface area contributed by atoms with E-state index < -0.39 is 35.0 Å². The average Bonchev–Trinajstić information content (AvgIpc) is 3.64. The third-order valence-corrected chi connectivity index (χ3v) is 8.63. The van der Waals surface area contributed by atoms with Gasteiger partial charge >= 0.3 is 0 Å². The average molecular weight is 620 g/mol. The van der Waals surface area contributed by atoms with E-state index in [1.807, 2.05) is 0 Å². The van der Waals surface area contributed by atoms with Crippen LogP contribution >= 0.6 is 11.6 Å². The van der Waals surface area contributed by atoms with Crippen LogP contribution in [0, 0.1) is 11.2 Å². The molecule has 1 aliphatic heterocycles. The highest BCUT2D eigenvalue weighted by Gasteiger charge is 2.58. The van der Waals surface area contributed by atoms with Gasteiger partial charge in [-0.25, -0.2) is 9.37 Å². The number of ether oxygens (including phenoxy) is 2. The fourth-order valence-corrected chi connectivity index (χ4v) is 5.89. The first-order chi connectivity index (χ1) is 21.1. The quantitative estimate of drug-likeness (QED) is 0.259. The number of carbonyl (C=O) groups is 2. The van der Waals surface area contributed by atoms with E-state index in [9.17, 15) is 14.7 Å². The molecule has 44 heavy (non-hydrogen) atoms. The molecule has 228 valence electrons. The maximum absolute atomic E-state index is 16.5. The van der Waals surface area contributed by atoms with Gasteiger partial charge in [0, 0.05) is 54.0 Å². The second kappa shape index (κ2) is 11.3. The summed E-state index contributed by atoms with van der Waals surface area (Å²) in [4.78, 5) is 32.4. The number of methoxy groups -OCH3 is 1. The molecule has 1 aliphatic carbocycles. The summed E-state index contributed by atoms with van der Waals surface area (Å²) in [6.45, 7) is -0.146. The molecule has 1 fully saturated rings. The topological polar surface area (TPSA) is 133 Å². The van der Waals surface area contributed by atoms with E-state index in [4.69, 9.17) is 26.8 Å². The molecule has 10 nitrogen and oxygen atoms in total. The summed E-state index contributed by atoms with van der Waals surface area (Å²) >= 11 is 6.06. The van der Waals surface area contributed by atoms with E-state index in [2.05, 4.69) is 10.1 Å². The highest BCUT2D eigenvalue weighted by atomic mass is 35.5. The van der Waals surface area contributed by atoms with Crippen LogP contribution in [0.15, 0.2) is 66.9 Å². The van der Waals surface area contributed by atoms with Crippen molar-refractivity contribution in [1.29, 1.82) is 0 Å². The van der Waals surface area contributed by atoms with E-state index in [1.54, 1.807) is 78.6 Å². The Bertz CT molecular complexity index is 1740. The van der Waals surface area contributed by atoms with Gasteiger partial charge in [-0.05, 0) is 42.7 Å². The van der Waals surface area contributed by atoms with Crippen molar-refractivity contribution in [3.8, 4) is 17.0 Å². The normalized spacial score (nSPS) is 19.1. The van der Waals surface area contributed by atoms with Gasteiger partial charge in [-0.3, -0.25) is 19.2 Å². The Morgan fingerprint density at radius 2 is 1.89 bits per heavy atom. The lowest BCUT2D eigenvalue weighted by atomic mass is 9.92. The highest BCUT2D eigenvalue weighted by molar-refractivity contribution is 6.30. The second-order valence-corrected chi connectivity index (χ2v) is 11.7. The number of aliphatic hydroxyl groups excluding tert-OH is 1. The molecule has 0 radical (unpaired) electrons. The summed E-state index contributed by atoms with van der Waals surface area (Å²) in [6, 6.07) is 16.6. The van der Waals surface area contributed by atoms with Crippen LogP contribution in [0.1, 0.15) is 40.2 Å². The number of hydrogen-bond donors (Lipinski definition) is 2. The Kier molecular flexibility index (Phi) is 7.64. The van der Waals surface area contributed by atoms with E-state index in [0.717, 1.165) is 4.90 Å². The number of nitrogens with two attached hydrogens (primary N) is 1. The Morgan fingerprint density at radius 3 is 2.52 bits per heavy atom. The van der Waals surface area contributed by atoms with Gasteiger partial charge in [0.25, 0.3) is 5.91 Å². The Balaban J connectivity index is 1.53. The Morgan fingerprint density at radius 1 is 1.14 bits per heavy atom. The van der Waals surface area contributed by atoms with Crippen LogP contribution in [-0.2, 0) is 35.1 Å². The van der Waals surface area contributed by atoms with Crippen molar-refractivity contribution in [2.75, 3.05) is 13.7 Å². The number of hydrogen-bond acceptors (Lipinski definition) is 7. The third-order valence-electron chi connectivity index (χ3n) is 8.37. The van der Waals surface area contributed by atoms with Gasteiger partial charge in [0.15, 0.2) is 5.72 Å². The smallest absolute Gasteiger partial charge is 0.261 e. The van der Waals surface area contributed by atoms with E-state index in [0.29, 0.717) is 40.7 Å². The number of aromatic nitrogens is 3. The number of amides is 2. The number of primary amides is 1. The van der Waals surface area contributed by atoms with Crippen LogP contribution < -0.4 is 10.5 Å². The van der Waals surface area contributed by atoms with Crippen LogP contribution in [0.5, 0.6) is 5.88 Å². The number of pyridine rings is 1. The monoisotopic (exact) mass is 619 g/mol. The third kappa shape index (κ3) is 5.21. The number of nitrogens with zero attached hydrogens (tertiary/aromatic N) is 4. The molecule has 12 heteroatoms. The molecule has 0 bridgehead atoms. The molecule has 4 aromatic rings. The fourth-order valence-electron chi connectivity index (χ4n) is 5.77. The highest BCUT2D eigenvalue weighted by Crippen LogP contribution is 2.51. The van der Waals surface area contributed by atoms with Gasteiger partial charge in [-0.2, -0.15) is 5.10 Å². The van der Waals surface area contributed by atoms with Crippen LogP contribution in [-0.4, -0.2) is 56.5 Å². The first-order valence-electron chi connectivity index (χ1n) is 14.1. The zero-order valence-corrected chi connectivity index (χ0v) is 24.9. The number of rotatable bonds is 11. The lowest BCUT2D eigenvalue weighted by Gasteiger charge is -2.42. The summed E-state index contributed by atoms with van der Waals surface area (Å²) in [5, 5.41) is 16.6. The zero-order chi connectivity index (χ0) is 31.2. The van der Waals surface area contributed by atoms with Gasteiger partial charge in [-0.15, -0.1) is 0 Å². The van der Waals surface area contributed by atoms with Crippen LogP contribution in [0.2, 0.25) is 5.02 Å². The maximum Gasteiger partial charge on any atom is 0.261 e. The van der Waals surface area contributed by atoms with Gasteiger partial charge in [-0.1, -0.05) is 41.9 Å². The van der Waals surface area contributed by atoms with Gasteiger partial charge in [0.2, 0.25) is 11.8 Å². The second-order valence-electron chi connectivity index (χ2n) is 11.3. The Hall–Kier alpha value is -4.32. The molecule has 6 rings (SSSR count). The number of halogens is 2.